The average molecular weight is 462 g/mol. The fraction of sp³-hybridized carbons (Fsp3) is 0.208. The lowest BCUT2D eigenvalue weighted by Crippen LogP contribution is -2.35. The fourth-order valence-electron chi connectivity index (χ4n) is 3.68. The number of rotatable bonds is 6. The van der Waals surface area contributed by atoms with Crippen molar-refractivity contribution in [1.82, 2.24) is 24.6 Å². The van der Waals surface area contributed by atoms with Gasteiger partial charge in [0, 0.05) is 41.5 Å². The van der Waals surface area contributed by atoms with E-state index >= 15 is 0 Å². The molecule has 2 amide bonds. The molecular formula is C24H23FN6O3. The molecular weight excluding hydrogens is 439 g/mol. The van der Waals surface area contributed by atoms with Crippen molar-refractivity contribution < 1.29 is 19.1 Å². The molecule has 2 aromatic carbocycles. The number of carbonyl (C=O) groups excluding carboxylic acids is 2. The number of carbonyl (C=O) groups is 2. The first-order valence-electron chi connectivity index (χ1n) is 10.5. The molecule has 1 atom stereocenters. The molecule has 0 aliphatic rings. The van der Waals surface area contributed by atoms with Crippen LogP contribution in [0.15, 0.2) is 48.8 Å². The summed E-state index contributed by atoms with van der Waals surface area (Å²) in [6.07, 6.45) is 2.22. The van der Waals surface area contributed by atoms with E-state index in [1.807, 2.05) is 6.92 Å². The molecule has 0 saturated heterocycles. The first kappa shape index (κ1) is 23.0. The van der Waals surface area contributed by atoms with Crippen LogP contribution in [0.2, 0.25) is 0 Å². The number of hydrogen-bond acceptors (Lipinski definition) is 6. The maximum atomic E-state index is 14.4. The topological polar surface area (TPSA) is 127 Å². The summed E-state index contributed by atoms with van der Waals surface area (Å²) < 4.78 is 15.9. The largest absolute Gasteiger partial charge is 0.389 e. The summed E-state index contributed by atoms with van der Waals surface area (Å²) in [5.41, 5.74) is 8.15. The molecule has 34 heavy (non-hydrogen) atoms. The molecule has 4 rings (SSSR count). The van der Waals surface area contributed by atoms with E-state index in [1.54, 1.807) is 31.2 Å². The molecule has 0 aliphatic carbocycles. The maximum Gasteiger partial charge on any atom is 0.254 e. The van der Waals surface area contributed by atoms with Crippen molar-refractivity contribution in [3.8, 4) is 17.1 Å². The third kappa shape index (κ3) is 4.35. The highest BCUT2D eigenvalue weighted by Crippen LogP contribution is 2.27. The van der Waals surface area contributed by atoms with Crippen LogP contribution in [0.25, 0.3) is 28.0 Å². The number of aliphatic hydroxyl groups excluding tert-OH is 1. The van der Waals surface area contributed by atoms with E-state index in [1.165, 1.54) is 41.2 Å². The molecule has 1 unspecified atom stereocenters. The Morgan fingerprint density at radius 2 is 1.88 bits per heavy atom. The molecule has 10 heteroatoms. The summed E-state index contributed by atoms with van der Waals surface area (Å²) in [5.74, 6) is -1.19. The minimum absolute atomic E-state index is 0.202. The van der Waals surface area contributed by atoms with Crippen LogP contribution in [-0.4, -0.2) is 55.2 Å². The van der Waals surface area contributed by atoms with Gasteiger partial charge in [-0.3, -0.25) is 9.59 Å². The quantitative estimate of drug-likeness (QED) is 0.453. The van der Waals surface area contributed by atoms with Crippen LogP contribution >= 0.6 is 0 Å². The second kappa shape index (κ2) is 8.99. The number of primary amides is 1. The van der Waals surface area contributed by atoms with Gasteiger partial charge in [-0.1, -0.05) is 12.1 Å². The van der Waals surface area contributed by atoms with E-state index in [9.17, 15) is 19.1 Å². The zero-order valence-corrected chi connectivity index (χ0v) is 18.9. The number of aromatic nitrogens is 4. The summed E-state index contributed by atoms with van der Waals surface area (Å²) >= 11 is 0. The van der Waals surface area contributed by atoms with Crippen molar-refractivity contribution in [3.05, 3.63) is 71.4 Å². The number of hydrogen-bond donors (Lipinski definition) is 2. The number of nitrogens with zero attached hydrogens (tertiary/aromatic N) is 5. The Balaban J connectivity index is 1.72. The minimum Gasteiger partial charge on any atom is -0.389 e. The van der Waals surface area contributed by atoms with Gasteiger partial charge in [-0.25, -0.2) is 14.4 Å². The van der Waals surface area contributed by atoms with E-state index in [0.29, 0.717) is 27.9 Å². The van der Waals surface area contributed by atoms with Crippen molar-refractivity contribution in [1.29, 1.82) is 0 Å². The first-order chi connectivity index (χ1) is 16.2. The highest BCUT2D eigenvalue weighted by Gasteiger charge is 2.18. The normalized spacial score (nSPS) is 12.0. The summed E-state index contributed by atoms with van der Waals surface area (Å²) in [6, 6.07) is 9.46. The van der Waals surface area contributed by atoms with Crippen molar-refractivity contribution >= 4 is 22.7 Å². The van der Waals surface area contributed by atoms with Crippen LogP contribution in [0.3, 0.4) is 0 Å². The second-order valence-electron chi connectivity index (χ2n) is 8.04. The Morgan fingerprint density at radius 3 is 2.53 bits per heavy atom. The standard InChI is InChI=1S/C24H23FN6O3/c1-13-18-6-4-16(23(34)30(3)12-22(26)33)9-21(18)31(29-13)24-27-10-17(11-28-24)19-8-15(14(2)32)5-7-20(19)25/h4-11,14,32H,12H2,1-3H3,(H2,26,33). The molecule has 2 heterocycles. The van der Waals surface area contributed by atoms with Gasteiger partial charge < -0.3 is 15.7 Å². The van der Waals surface area contributed by atoms with Crippen LogP contribution in [-0.2, 0) is 4.79 Å². The molecule has 0 saturated carbocycles. The number of aliphatic hydroxyl groups is 1. The monoisotopic (exact) mass is 462 g/mol. The van der Waals surface area contributed by atoms with Crippen molar-refractivity contribution in [3.63, 3.8) is 0 Å². The van der Waals surface area contributed by atoms with E-state index in [4.69, 9.17) is 5.73 Å². The summed E-state index contributed by atoms with van der Waals surface area (Å²) in [5, 5.41) is 15.1. The molecule has 174 valence electrons. The summed E-state index contributed by atoms with van der Waals surface area (Å²) in [7, 11) is 1.49. The van der Waals surface area contributed by atoms with E-state index in [0.717, 1.165) is 5.39 Å². The average Bonchev–Trinajstić information content (AvgIpc) is 3.14. The lowest BCUT2D eigenvalue weighted by atomic mass is 10.0. The number of likely N-dealkylation sites (N-methyl/N-ethyl adjacent to an activating group) is 1. The third-order valence-electron chi connectivity index (χ3n) is 5.46. The van der Waals surface area contributed by atoms with Crippen LogP contribution in [0, 0.1) is 12.7 Å². The number of aryl methyl sites for hydroxylation is 1. The Morgan fingerprint density at radius 1 is 1.18 bits per heavy atom. The molecule has 9 nitrogen and oxygen atoms in total. The van der Waals surface area contributed by atoms with Gasteiger partial charge in [0.05, 0.1) is 23.9 Å². The Hall–Kier alpha value is -4.18. The number of nitrogens with two attached hydrogens (primary N) is 1. The smallest absolute Gasteiger partial charge is 0.254 e. The highest BCUT2D eigenvalue weighted by atomic mass is 19.1. The maximum absolute atomic E-state index is 14.4. The fourth-order valence-corrected chi connectivity index (χ4v) is 3.68. The molecule has 0 aliphatic heterocycles. The van der Waals surface area contributed by atoms with Gasteiger partial charge >= 0.3 is 0 Å². The summed E-state index contributed by atoms with van der Waals surface area (Å²) in [6.45, 7) is 3.23. The molecule has 3 N–H and O–H groups in total. The van der Waals surface area contributed by atoms with E-state index in [2.05, 4.69) is 15.1 Å². The molecule has 0 spiro atoms. The Labute approximate surface area is 194 Å². The van der Waals surface area contributed by atoms with Crippen LogP contribution in [0.1, 0.15) is 34.6 Å². The Bertz CT molecular complexity index is 1400. The molecule has 0 fully saturated rings. The van der Waals surface area contributed by atoms with Crippen LogP contribution in [0.5, 0.6) is 0 Å². The van der Waals surface area contributed by atoms with Gasteiger partial charge in [0.1, 0.15) is 5.82 Å². The van der Waals surface area contributed by atoms with Gasteiger partial charge in [-0.2, -0.15) is 9.78 Å². The van der Waals surface area contributed by atoms with Crippen molar-refractivity contribution in [2.75, 3.05) is 13.6 Å². The SMILES string of the molecule is Cc1nn(-c2ncc(-c3cc(C(C)O)ccc3F)cn2)c2cc(C(=O)N(C)CC(N)=O)ccc12. The van der Waals surface area contributed by atoms with Crippen molar-refractivity contribution in [2.24, 2.45) is 5.73 Å². The number of amides is 2. The van der Waals surface area contributed by atoms with Crippen LogP contribution in [0.4, 0.5) is 4.39 Å². The highest BCUT2D eigenvalue weighted by molar-refractivity contribution is 5.99. The zero-order chi connectivity index (χ0) is 24.6. The zero-order valence-electron chi connectivity index (χ0n) is 18.9. The van der Waals surface area contributed by atoms with E-state index < -0.39 is 17.8 Å². The van der Waals surface area contributed by atoms with Gasteiger partial charge in [0.2, 0.25) is 5.91 Å². The number of halogens is 1. The molecule has 0 bridgehead atoms. The lowest BCUT2D eigenvalue weighted by Gasteiger charge is -2.15. The predicted molar refractivity (Wildman–Crippen MR) is 124 cm³/mol. The predicted octanol–water partition coefficient (Wildman–Crippen LogP) is 2.54. The first-order valence-corrected chi connectivity index (χ1v) is 10.5. The van der Waals surface area contributed by atoms with E-state index in [-0.39, 0.29) is 24.0 Å². The van der Waals surface area contributed by atoms with Crippen LogP contribution < -0.4 is 5.73 Å². The van der Waals surface area contributed by atoms with Gasteiger partial charge in [-0.15, -0.1) is 0 Å². The minimum atomic E-state index is -0.739. The Kier molecular flexibility index (Phi) is 6.08. The lowest BCUT2D eigenvalue weighted by molar-refractivity contribution is -0.118. The molecule has 2 aromatic heterocycles. The van der Waals surface area contributed by atoms with Gasteiger partial charge in [0.15, 0.2) is 0 Å². The second-order valence-corrected chi connectivity index (χ2v) is 8.04. The van der Waals surface area contributed by atoms with Gasteiger partial charge in [-0.05, 0) is 43.7 Å². The summed E-state index contributed by atoms with van der Waals surface area (Å²) in [4.78, 5) is 33.8. The molecule has 0 radical (unpaired) electrons. The van der Waals surface area contributed by atoms with Gasteiger partial charge in [0.25, 0.3) is 11.9 Å². The third-order valence-corrected chi connectivity index (χ3v) is 5.46. The number of benzene rings is 2. The number of fused-ring (bicyclic) bond motifs is 1. The molecule has 4 aromatic rings. The van der Waals surface area contributed by atoms with Crippen molar-refractivity contribution in [2.45, 2.75) is 20.0 Å².